The molecule has 2 N–H and O–H groups in total. The topological polar surface area (TPSA) is 44.4 Å². The van der Waals surface area contributed by atoms with E-state index in [9.17, 15) is 4.79 Å². The van der Waals surface area contributed by atoms with Gasteiger partial charge in [-0.15, -0.1) is 0 Å². The molecule has 1 amide bonds. The van der Waals surface area contributed by atoms with E-state index in [1.807, 2.05) is 34.2 Å². The fraction of sp³-hybridized carbons (Fsp3) is 0.100. The molecule has 15 heavy (non-hydrogen) atoms. The average molecular weight is 219 g/mol. The summed E-state index contributed by atoms with van der Waals surface area (Å²) < 4.78 is 1.94. The minimum absolute atomic E-state index is 0.0716. The van der Waals surface area contributed by atoms with Gasteiger partial charge in [-0.05, 0) is 17.7 Å². The van der Waals surface area contributed by atoms with Gasteiger partial charge in [-0.2, -0.15) is 0 Å². The first-order valence-corrected chi connectivity index (χ1v) is 5.47. The number of nitrogens with one attached hydrogen (secondary N) is 2. The zero-order chi connectivity index (χ0) is 10.3. The van der Waals surface area contributed by atoms with E-state index >= 15 is 0 Å². The fourth-order valence-corrected chi connectivity index (χ4v) is 2.28. The number of nitrogens with zero attached hydrogens (tertiary/aromatic N) is 1. The number of fused-ring (bicyclic) bond motifs is 1. The highest BCUT2D eigenvalue weighted by atomic mass is 32.2. The Balaban J connectivity index is 1.93. The lowest BCUT2D eigenvalue weighted by atomic mass is 10.1. The van der Waals surface area contributed by atoms with Crippen LogP contribution in [0.1, 0.15) is 5.56 Å². The van der Waals surface area contributed by atoms with Gasteiger partial charge in [-0.25, -0.2) is 4.41 Å². The molecule has 2 heterocycles. The molecule has 0 fully saturated rings. The van der Waals surface area contributed by atoms with Gasteiger partial charge in [0.05, 0.1) is 12.1 Å². The monoisotopic (exact) mass is 219 g/mol. The number of hydrogen-bond donors (Lipinski definition) is 2. The maximum Gasteiger partial charge on any atom is 0.228 e. The maximum atomic E-state index is 11.2. The highest BCUT2D eigenvalue weighted by Crippen LogP contribution is 2.31. The van der Waals surface area contributed by atoms with Crippen LogP contribution in [0.5, 0.6) is 0 Å². The average Bonchev–Trinajstić information content (AvgIpc) is 2.82. The molecule has 0 aromatic heterocycles. The minimum Gasteiger partial charge on any atom is -0.325 e. The summed E-state index contributed by atoms with van der Waals surface area (Å²) in [7, 11) is 0. The summed E-state index contributed by atoms with van der Waals surface area (Å²) in [5, 5.41) is 4.80. The number of rotatable bonds is 1. The van der Waals surface area contributed by atoms with Crippen molar-refractivity contribution >= 4 is 29.2 Å². The Hall–Kier alpha value is -1.62. The van der Waals surface area contributed by atoms with E-state index in [-0.39, 0.29) is 5.91 Å². The van der Waals surface area contributed by atoms with Crippen LogP contribution < -0.4 is 15.2 Å². The third-order valence-corrected chi connectivity index (χ3v) is 3.16. The summed E-state index contributed by atoms with van der Waals surface area (Å²) >= 11 is 1.57. The largest absolute Gasteiger partial charge is 0.325 e. The summed E-state index contributed by atoms with van der Waals surface area (Å²) in [6.07, 6.45) is 2.37. The first-order valence-electron chi connectivity index (χ1n) is 4.64. The van der Waals surface area contributed by atoms with Crippen molar-refractivity contribution in [3.63, 3.8) is 0 Å². The zero-order valence-corrected chi connectivity index (χ0v) is 8.67. The summed E-state index contributed by atoms with van der Waals surface area (Å²) in [6, 6.07) is 5.97. The molecule has 3 rings (SSSR count). The van der Waals surface area contributed by atoms with Gasteiger partial charge in [0.25, 0.3) is 0 Å². The lowest BCUT2D eigenvalue weighted by Gasteiger charge is -2.17. The lowest BCUT2D eigenvalue weighted by Crippen LogP contribution is -2.22. The van der Waals surface area contributed by atoms with E-state index in [0.717, 1.165) is 16.9 Å². The van der Waals surface area contributed by atoms with Crippen LogP contribution in [0.15, 0.2) is 29.8 Å². The van der Waals surface area contributed by atoms with Crippen LogP contribution in [0.25, 0.3) is 0 Å². The number of hydrazine groups is 1. The van der Waals surface area contributed by atoms with Gasteiger partial charge in [0, 0.05) is 29.2 Å². The molecular formula is C10H9N3OS. The highest BCUT2D eigenvalue weighted by molar-refractivity contribution is 8.03. The molecule has 1 aromatic rings. The van der Waals surface area contributed by atoms with Crippen LogP contribution in [-0.4, -0.2) is 5.91 Å². The normalized spacial score (nSPS) is 17.6. The second-order valence-electron chi connectivity index (χ2n) is 3.40. The first kappa shape index (κ1) is 8.67. The molecule has 2 aliphatic heterocycles. The number of carbonyl (C=O) groups is 1. The number of benzene rings is 1. The Morgan fingerprint density at radius 3 is 3.13 bits per heavy atom. The molecule has 0 saturated carbocycles. The quantitative estimate of drug-likeness (QED) is 0.705. The van der Waals surface area contributed by atoms with Gasteiger partial charge >= 0.3 is 0 Å². The SMILES string of the molecule is O=C1Cc2ccc(N3NC=CS3)cc2N1. The van der Waals surface area contributed by atoms with E-state index in [2.05, 4.69) is 10.7 Å². The maximum absolute atomic E-state index is 11.2. The molecule has 1 aromatic carbocycles. The second-order valence-corrected chi connectivity index (χ2v) is 4.25. The number of carbonyl (C=O) groups excluding carboxylic acids is 1. The third-order valence-electron chi connectivity index (χ3n) is 2.38. The van der Waals surface area contributed by atoms with Crippen molar-refractivity contribution in [3.8, 4) is 0 Å². The molecule has 0 atom stereocenters. The molecule has 0 bridgehead atoms. The first-order chi connectivity index (χ1) is 7.33. The van der Waals surface area contributed by atoms with Gasteiger partial charge < -0.3 is 5.32 Å². The van der Waals surface area contributed by atoms with E-state index in [1.165, 1.54) is 0 Å². The van der Waals surface area contributed by atoms with Crippen molar-refractivity contribution in [3.05, 3.63) is 35.4 Å². The highest BCUT2D eigenvalue weighted by Gasteiger charge is 2.19. The van der Waals surface area contributed by atoms with Gasteiger partial charge in [0.1, 0.15) is 0 Å². The molecule has 0 saturated heterocycles. The van der Waals surface area contributed by atoms with E-state index < -0.39 is 0 Å². The van der Waals surface area contributed by atoms with Crippen molar-refractivity contribution < 1.29 is 4.79 Å². The smallest absolute Gasteiger partial charge is 0.228 e. The second kappa shape index (κ2) is 3.20. The molecular weight excluding hydrogens is 210 g/mol. The van der Waals surface area contributed by atoms with Crippen LogP contribution in [0.4, 0.5) is 11.4 Å². The molecule has 76 valence electrons. The standard InChI is InChI=1S/C10H9N3OS/c14-10-5-7-1-2-8(6-9(7)12-10)13-11-3-4-15-13/h1-4,6,11H,5H2,(H,12,14). The molecule has 4 nitrogen and oxygen atoms in total. The Morgan fingerprint density at radius 2 is 2.33 bits per heavy atom. The van der Waals surface area contributed by atoms with E-state index in [0.29, 0.717) is 6.42 Å². The van der Waals surface area contributed by atoms with Crippen molar-refractivity contribution in [2.45, 2.75) is 6.42 Å². The van der Waals surface area contributed by atoms with Gasteiger partial charge in [-0.1, -0.05) is 6.07 Å². The summed E-state index contributed by atoms with van der Waals surface area (Å²) in [4.78, 5) is 11.2. The fourth-order valence-electron chi connectivity index (χ4n) is 1.68. The summed E-state index contributed by atoms with van der Waals surface area (Å²) in [5.74, 6) is 0.0716. The van der Waals surface area contributed by atoms with Crippen LogP contribution >= 0.6 is 11.9 Å². The number of amides is 1. The van der Waals surface area contributed by atoms with Crippen LogP contribution in [0.2, 0.25) is 0 Å². The zero-order valence-electron chi connectivity index (χ0n) is 7.86. The van der Waals surface area contributed by atoms with E-state index in [1.54, 1.807) is 11.9 Å². The molecule has 0 aliphatic carbocycles. The molecule has 0 spiro atoms. The summed E-state index contributed by atoms with van der Waals surface area (Å²) in [6.45, 7) is 0. The molecule has 5 heteroatoms. The van der Waals surface area contributed by atoms with Gasteiger partial charge in [0.2, 0.25) is 5.91 Å². The minimum atomic E-state index is 0.0716. The van der Waals surface area contributed by atoms with Crippen molar-refractivity contribution in [2.24, 2.45) is 0 Å². The lowest BCUT2D eigenvalue weighted by molar-refractivity contribution is -0.115. The van der Waals surface area contributed by atoms with Crippen molar-refractivity contribution in [2.75, 3.05) is 9.73 Å². The Labute approximate surface area is 91.4 Å². The van der Waals surface area contributed by atoms with Crippen molar-refractivity contribution in [1.82, 2.24) is 5.43 Å². The van der Waals surface area contributed by atoms with Gasteiger partial charge in [0.15, 0.2) is 0 Å². The molecule has 0 radical (unpaired) electrons. The predicted octanol–water partition coefficient (Wildman–Crippen LogP) is 1.63. The number of hydrogen-bond acceptors (Lipinski definition) is 4. The Kier molecular flexibility index (Phi) is 1.85. The number of anilines is 2. The van der Waals surface area contributed by atoms with Gasteiger partial charge in [-0.3, -0.25) is 10.2 Å². The van der Waals surface area contributed by atoms with Crippen molar-refractivity contribution in [1.29, 1.82) is 0 Å². The molecule has 0 unspecified atom stereocenters. The van der Waals surface area contributed by atoms with Crippen LogP contribution in [0, 0.1) is 0 Å². The third kappa shape index (κ3) is 1.45. The Morgan fingerprint density at radius 1 is 1.40 bits per heavy atom. The van der Waals surface area contributed by atoms with Crippen LogP contribution in [-0.2, 0) is 11.2 Å². The summed E-state index contributed by atoms with van der Waals surface area (Å²) in [5.41, 5.74) is 6.10. The molecule has 2 aliphatic rings. The van der Waals surface area contributed by atoms with Crippen LogP contribution in [0.3, 0.4) is 0 Å². The predicted molar refractivity (Wildman–Crippen MR) is 61.1 cm³/mol. The van der Waals surface area contributed by atoms with E-state index in [4.69, 9.17) is 0 Å². The Bertz CT molecular complexity index is 450.